The van der Waals surface area contributed by atoms with E-state index >= 15 is 0 Å². The second-order valence-corrected chi connectivity index (χ2v) is 4.67. The van der Waals surface area contributed by atoms with Gasteiger partial charge in [-0.1, -0.05) is 6.92 Å². The maximum absolute atomic E-state index is 4.28. The third-order valence-electron chi connectivity index (χ3n) is 2.90. The third-order valence-corrected chi connectivity index (χ3v) is 2.90. The highest BCUT2D eigenvalue weighted by Crippen LogP contribution is 2.00. The van der Waals surface area contributed by atoms with Crippen LogP contribution in [0.1, 0.15) is 25.3 Å². The van der Waals surface area contributed by atoms with Gasteiger partial charge in [0.2, 0.25) is 5.95 Å². The first kappa shape index (κ1) is 14.5. The van der Waals surface area contributed by atoms with Crippen LogP contribution in [-0.2, 0) is 13.1 Å². The summed E-state index contributed by atoms with van der Waals surface area (Å²) in [6, 6.07) is 0. The summed E-state index contributed by atoms with van der Waals surface area (Å²) in [5.74, 6) is 0.704. The second-order valence-electron chi connectivity index (χ2n) is 4.67. The van der Waals surface area contributed by atoms with E-state index in [4.69, 9.17) is 0 Å². The van der Waals surface area contributed by atoms with Crippen molar-refractivity contribution < 1.29 is 0 Å². The van der Waals surface area contributed by atoms with Gasteiger partial charge in [-0.15, -0.1) is 0 Å². The fraction of sp³-hybridized carbons (Fsp3) is 0.500. The van der Waals surface area contributed by atoms with Crippen LogP contribution in [0.25, 0.3) is 0 Å². The van der Waals surface area contributed by atoms with E-state index in [1.165, 1.54) is 0 Å². The van der Waals surface area contributed by atoms with Crippen molar-refractivity contribution in [2.75, 3.05) is 18.4 Å². The Bertz CT molecular complexity index is 465. The molecule has 20 heavy (non-hydrogen) atoms. The van der Waals surface area contributed by atoms with E-state index in [0.717, 1.165) is 44.6 Å². The number of imidazole rings is 1. The average molecular weight is 274 g/mol. The Kier molecular flexibility index (Phi) is 5.98. The first-order valence-electron chi connectivity index (χ1n) is 7.09. The van der Waals surface area contributed by atoms with Gasteiger partial charge >= 0.3 is 0 Å². The molecule has 0 aromatic carbocycles. The Balaban J connectivity index is 1.61. The molecule has 0 amide bonds. The van der Waals surface area contributed by atoms with E-state index in [2.05, 4.69) is 37.1 Å². The van der Waals surface area contributed by atoms with Gasteiger partial charge in [0.15, 0.2) is 0 Å². The summed E-state index contributed by atoms with van der Waals surface area (Å²) in [7, 11) is 0. The van der Waals surface area contributed by atoms with Crippen molar-refractivity contribution in [1.82, 2.24) is 24.8 Å². The highest BCUT2D eigenvalue weighted by molar-refractivity contribution is 5.24. The quantitative estimate of drug-likeness (QED) is 0.681. The van der Waals surface area contributed by atoms with Gasteiger partial charge in [-0.2, -0.15) is 0 Å². The Morgan fingerprint density at radius 1 is 1.20 bits per heavy atom. The fourth-order valence-electron chi connectivity index (χ4n) is 1.81. The zero-order chi connectivity index (χ0) is 14.0. The minimum Gasteiger partial charge on any atom is -0.354 e. The normalized spacial score (nSPS) is 10.7. The molecule has 2 heterocycles. The van der Waals surface area contributed by atoms with Crippen LogP contribution >= 0.6 is 0 Å². The van der Waals surface area contributed by atoms with Gasteiger partial charge in [0.1, 0.15) is 0 Å². The molecule has 0 saturated heterocycles. The summed E-state index contributed by atoms with van der Waals surface area (Å²) in [4.78, 5) is 12.6. The molecule has 0 spiro atoms. The summed E-state index contributed by atoms with van der Waals surface area (Å²) >= 11 is 0. The summed E-state index contributed by atoms with van der Waals surface area (Å²) in [5.41, 5.74) is 1.11. The van der Waals surface area contributed by atoms with Crippen LogP contribution in [0.4, 0.5) is 5.95 Å². The van der Waals surface area contributed by atoms with Crippen molar-refractivity contribution in [3.8, 4) is 0 Å². The van der Waals surface area contributed by atoms with Gasteiger partial charge in [-0.05, 0) is 19.4 Å². The molecule has 0 radical (unpaired) electrons. The Hall–Kier alpha value is -1.95. The van der Waals surface area contributed by atoms with Gasteiger partial charge in [-0.3, -0.25) is 0 Å². The van der Waals surface area contributed by atoms with Crippen molar-refractivity contribution in [2.24, 2.45) is 0 Å². The number of rotatable bonds is 9. The second kappa shape index (κ2) is 8.27. The first-order valence-corrected chi connectivity index (χ1v) is 7.09. The van der Waals surface area contributed by atoms with E-state index in [-0.39, 0.29) is 0 Å². The molecule has 0 atom stereocenters. The van der Waals surface area contributed by atoms with Gasteiger partial charge in [0, 0.05) is 50.0 Å². The lowest BCUT2D eigenvalue weighted by Gasteiger charge is -2.06. The molecule has 108 valence electrons. The van der Waals surface area contributed by atoms with Crippen molar-refractivity contribution in [3.05, 3.63) is 36.7 Å². The van der Waals surface area contributed by atoms with Crippen LogP contribution in [0.3, 0.4) is 0 Å². The lowest BCUT2D eigenvalue weighted by atomic mass is 10.3. The number of aryl methyl sites for hydroxylation is 1. The zero-order valence-electron chi connectivity index (χ0n) is 11.9. The molecule has 0 aliphatic heterocycles. The summed E-state index contributed by atoms with van der Waals surface area (Å²) < 4.78 is 2.08. The number of anilines is 1. The Morgan fingerprint density at radius 3 is 2.75 bits per heavy atom. The smallest absolute Gasteiger partial charge is 0.222 e. The topological polar surface area (TPSA) is 67.7 Å². The van der Waals surface area contributed by atoms with E-state index in [1.54, 1.807) is 6.20 Å². The lowest BCUT2D eigenvalue weighted by Crippen LogP contribution is -2.16. The van der Waals surface area contributed by atoms with Crippen molar-refractivity contribution in [3.63, 3.8) is 0 Å². The first-order chi connectivity index (χ1) is 9.88. The van der Waals surface area contributed by atoms with Gasteiger partial charge in [0.25, 0.3) is 0 Å². The molecule has 0 saturated carbocycles. The van der Waals surface area contributed by atoms with Crippen LogP contribution in [0, 0.1) is 0 Å². The molecule has 0 unspecified atom stereocenters. The van der Waals surface area contributed by atoms with E-state index in [0.29, 0.717) is 5.95 Å². The van der Waals surface area contributed by atoms with E-state index < -0.39 is 0 Å². The molecular weight excluding hydrogens is 252 g/mol. The number of hydrogen-bond acceptors (Lipinski definition) is 5. The molecule has 6 nitrogen and oxygen atoms in total. The summed E-state index contributed by atoms with van der Waals surface area (Å²) in [6.45, 7) is 5.79. The molecule has 2 aromatic rings. The predicted molar refractivity (Wildman–Crippen MR) is 79.4 cm³/mol. The SMILES string of the molecule is CCCNc1ncc(CNCCCn2ccnc2)cn1. The number of aromatic nitrogens is 4. The fourth-order valence-corrected chi connectivity index (χ4v) is 1.81. The predicted octanol–water partition coefficient (Wildman–Crippen LogP) is 1.67. The van der Waals surface area contributed by atoms with Crippen molar-refractivity contribution >= 4 is 5.95 Å². The minimum absolute atomic E-state index is 0.704. The average Bonchev–Trinajstić information content (AvgIpc) is 2.99. The van der Waals surface area contributed by atoms with Crippen LogP contribution in [0.5, 0.6) is 0 Å². The number of hydrogen-bond donors (Lipinski definition) is 2. The van der Waals surface area contributed by atoms with Gasteiger partial charge in [-0.25, -0.2) is 15.0 Å². The molecule has 0 bridgehead atoms. The molecule has 0 aliphatic carbocycles. The molecular formula is C14H22N6. The maximum atomic E-state index is 4.28. The molecule has 0 fully saturated rings. The van der Waals surface area contributed by atoms with E-state index in [9.17, 15) is 0 Å². The molecule has 2 rings (SSSR count). The highest BCUT2D eigenvalue weighted by Gasteiger charge is 1.97. The molecule has 0 aliphatic rings. The van der Waals surface area contributed by atoms with Crippen LogP contribution in [0.2, 0.25) is 0 Å². The minimum atomic E-state index is 0.704. The van der Waals surface area contributed by atoms with E-state index in [1.807, 2.05) is 24.9 Å². The Morgan fingerprint density at radius 2 is 2.05 bits per heavy atom. The maximum Gasteiger partial charge on any atom is 0.222 e. The number of nitrogens with zero attached hydrogens (tertiary/aromatic N) is 4. The number of nitrogens with one attached hydrogen (secondary N) is 2. The standard InChI is InChI=1S/C14H22N6/c1-2-4-17-14-18-10-13(11-19-14)9-15-5-3-7-20-8-6-16-12-20/h6,8,10-12,15H,2-5,7,9H2,1H3,(H,17,18,19). The molecule has 6 heteroatoms. The van der Waals surface area contributed by atoms with Crippen LogP contribution < -0.4 is 10.6 Å². The summed E-state index contributed by atoms with van der Waals surface area (Å²) in [6.07, 6.45) is 11.5. The molecule has 2 N–H and O–H groups in total. The highest BCUT2D eigenvalue weighted by atomic mass is 15.1. The largest absolute Gasteiger partial charge is 0.354 e. The van der Waals surface area contributed by atoms with Crippen molar-refractivity contribution in [1.29, 1.82) is 0 Å². The lowest BCUT2D eigenvalue weighted by molar-refractivity contribution is 0.580. The summed E-state index contributed by atoms with van der Waals surface area (Å²) in [5, 5.41) is 6.55. The van der Waals surface area contributed by atoms with Crippen molar-refractivity contribution in [2.45, 2.75) is 32.9 Å². The van der Waals surface area contributed by atoms with Crippen LogP contribution in [-0.4, -0.2) is 32.6 Å². The Labute approximate surface area is 119 Å². The van der Waals surface area contributed by atoms with Gasteiger partial charge in [0.05, 0.1) is 6.33 Å². The zero-order valence-corrected chi connectivity index (χ0v) is 11.9. The van der Waals surface area contributed by atoms with Gasteiger partial charge < -0.3 is 15.2 Å². The molecule has 2 aromatic heterocycles. The van der Waals surface area contributed by atoms with Crippen LogP contribution in [0.15, 0.2) is 31.1 Å². The third kappa shape index (κ3) is 4.97. The monoisotopic (exact) mass is 274 g/mol.